The topological polar surface area (TPSA) is 18.5 Å². The fraction of sp³-hybridized carbons (Fsp3) is 0.455. The van der Waals surface area contributed by atoms with Crippen molar-refractivity contribution in [2.45, 2.75) is 0 Å². The number of ether oxygens (including phenoxy) is 2. The Balaban J connectivity index is 2.08. The lowest BCUT2D eigenvalue weighted by molar-refractivity contribution is 0.0583. The van der Waals surface area contributed by atoms with Gasteiger partial charge in [-0.1, -0.05) is 24.3 Å². The lowest BCUT2D eigenvalue weighted by atomic mass is 10.1. The Hall–Kier alpha value is -0.860. The molecule has 0 fully saturated rings. The molecule has 1 aliphatic carbocycles. The molecule has 72 valence electrons. The van der Waals surface area contributed by atoms with Gasteiger partial charge in [0.1, 0.15) is 0 Å². The van der Waals surface area contributed by atoms with Crippen LogP contribution in [0.25, 0.3) is 0 Å². The second-order valence-electron chi connectivity index (χ2n) is 3.17. The molecular weight excluding hydrogens is 164 g/mol. The largest absolute Gasteiger partial charge is 0.376 e. The van der Waals surface area contributed by atoms with Gasteiger partial charge in [-0.15, -0.1) is 13.2 Å². The summed E-state index contributed by atoms with van der Waals surface area (Å²) in [5, 5.41) is 0. The van der Waals surface area contributed by atoms with Crippen LogP contribution >= 0.6 is 0 Å². The van der Waals surface area contributed by atoms with Crippen LogP contribution in [0, 0.1) is 5.41 Å². The highest BCUT2D eigenvalue weighted by Gasteiger charge is 2.34. The van der Waals surface area contributed by atoms with Crippen LogP contribution in [0.5, 0.6) is 0 Å². The molecule has 0 saturated carbocycles. The van der Waals surface area contributed by atoms with Crippen LogP contribution in [0.2, 0.25) is 0 Å². The summed E-state index contributed by atoms with van der Waals surface area (Å²) in [7, 11) is 0. The Morgan fingerprint density at radius 2 is 1.46 bits per heavy atom. The summed E-state index contributed by atoms with van der Waals surface area (Å²) in [6, 6.07) is 0. The second-order valence-corrected chi connectivity index (χ2v) is 3.17. The molecule has 13 heavy (non-hydrogen) atoms. The molecule has 2 nitrogen and oxygen atoms in total. The van der Waals surface area contributed by atoms with E-state index in [2.05, 4.69) is 25.3 Å². The van der Waals surface area contributed by atoms with E-state index >= 15 is 0 Å². The Kier molecular flexibility index (Phi) is 3.93. The summed E-state index contributed by atoms with van der Waals surface area (Å²) >= 11 is 0. The van der Waals surface area contributed by atoms with E-state index in [1.165, 1.54) is 0 Å². The maximum absolute atomic E-state index is 5.35. The number of rotatable bonds is 8. The molecule has 0 atom stereocenters. The van der Waals surface area contributed by atoms with E-state index in [1.807, 2.05) is 0 Å². The van der Waals surface area contributed by atoms with Gasteiger partial charge in [-0.2, -0.15) is 0 Å². The van der Waals surface area contributed by atoms with E-state index < -0.39 is 0 Å². The first-order valence-corrected chi connectivity index (χ1v) is 4.41. The summed E-state index contributed by atoms with van der Waals surface area (Å²) in [4.78, 5) is 0. The lowest BCUT2D eigenvalue weighted by Crippen LogP contribution is -2.19. The van der Waals surface area contributed by atoms with E-state index in [0.29, 0.717) is 26.4 Å². The van der Waals surface area contributed by atoms with Gasteiger partial charge in [0.05, 0.1) is 31.8 Å². The third kappa shape index (κ3) is 3.57. The van der Waals surface area contributed by atoms with E-state index in [4.69, 9.17) is 9.47 Å². The summed E-state index contributed by atoms with van der Waals surface area (Å²) in [6.07, 6.45) is 7.72. The maximum atomic E-state index is 5.35. The van der Waals surface area contributed by atoms with Gasteiger partial charge in [0.25, 0.3) is 0 Å². The van der Waals surface area contributed by atoms with Gasteiger partial charge in [0.15, 0.2) is 0 Å². The van der Waals surface area contributed by atoms with Crippen LogP contribution in [-0.2, 0) is 9.47 Å². The summed E-state index contributed by atoms with van der Waals surface area (Å²) in [5.74, 6) is 0. The van der Waals surface area contributed by atoms with Gasteiger partial charge >= 0.3 is 0 Å². The van der Waals surface area contributed by atoms with Crippen LogP contribution in [0.15, 0.2) is 37.5 Å². The van der Waals surface area contributed by atoms with Crippen molar-refractivity contribution in [3.05, 3.63) is 37.5 Å². The minimum absolute atomic E-state index is 0.0615. The first kappa shape index (κ1) is 10.2. The zero-order valence-electron chi connectivity index (χ0n) is 7.87. The molecule has 1 aliphatic rings. The molecular formula is C11H16O2. The first-order chi connectivity index (χ1) is 6.33. The third-order valence-corrected chi connectivity index (χ3v) is 1.85. The predicted molar refractivity (Wildman–Crippen MR) is 53.6 cm³/mol. The highest BCUT2D eigenvalue weighted by molar-refractivity contribution is 5.26. The Morgan fingerprint density at radius 3 is 1.77 bits per heavy atom. The monoisotopic (exact) mass is 180 g/mol. The highest BCUT2D eigenvalue weighted by atomic mass is 16.5. The summed E-state index contributed by atoms with van der Waals surface area (Å²) < 4.78 is 10.7. The highest BCUT2D eigenvalue weighted by Crippen LogP contribution is 2.34. The Bertz CT molecular complexity index is 184. The number of hydrogen-bond donors (Lipinski definition) is 0. The molecule has 0 aromatic rings. The summed E-state index contributed by atoms with van der Waals surface area (Å²) in [5.41, 5.74) is 0.0615. The van der Waals surface area contributed by atoms with E-state index in [-0.39, 0.29) is 5.41 Å². The van der Waals surface area contributed by atoms with Crippen molar-refractivity contribution in [3.8, 4) is 0 Å². The van der Waals surface area contributed by atoms with E-state index in [9.17, 15) is 0 Å². The minimum atomic E-state index is 0.0615. The predicted octanol–water partition coefficient (Wildman–Crippen LogP) is 1.95. The molecule has 0 aromatic carbocycles. The Morgan fingerprint density at radius 1 is 1.00 bits per heavy atom. The lowest BCUT2D eigenvalue weighted by Gasteiger charge is -2.14. The molecule has 0 aliphatic heterocycles. The average Bonchev–Trinajstić information content (AvgIpc) is 2.87. The molecule has 0 radical (unpaired) electrons. The van der Waals surface area contributed by atoms with Crippen LogP contribution < -0.4 is 0 Å². The van der Waals surface area contributed by atoms with Crippen molar-refractivity contribution in [2.75, 3.05) is 26.4 Å². The fourth-order valence-electron chi connectivity index (χ4n) is 1.02. The van der Waals surface area contributed by atoms with Crippen molar-refractivity contribution in [1.82, 2.24) is 0 Å². The second kappa shape index (κ2) is 5.00. The molecule has 2 heteroatoms. The van der Waals surface area contributed by atoms with Gasteiger partial charge in [-0.3, -0.25) is 0 Å². The maximum Gasteiger partial charge on any atom is 0.0645 e. The molecule has 0 bridgehead atoms. The molecule has 0 N–H and O–H groups in total. The molecule has 0 aromatic heterocycles. The first-order valence-electron chi connectivity index (χ1n) is 4.41. The summed E-state index contributed by atoms with van der Waals surface area (Å²) in [6.45, 7) is 9.76. The molecule has 0 spiro atoms. The SMILES string of the molecule is C=CCOCC1(COCC=C)C=C1. The molecule has 0 saturated heterocycles. The van der Waals surface area contributed by atoms with Crippen molar-refractivity contribution < 1.29 is 9.47 Å². The molecule has 0 unspecified atom stereocenters. The smallest absolute Gasteiger partial charge is 0.0645 e. The van der Waals surface area contributed by atoms with E-state index in [1.54, 1.807) is 12.2 Å². The van der Waals surface area contributed by atoms with Crippen LogP contribution in [0.1, 0.15) is 0 Å². The van der Waals surface area contributed by atoms with Gasteiger partial charge in [0.2, 0.25) is 0 Å². The normalized spacial score (nSPS) is 16.9. The quantitative estimate of drug-likeness (QED) is 0.420. The van der Waals surface area contributed by atoms with Crippen molar-refractivity contribution in [3.63, 3.8) is 0 Å². The van der Waals surface area contributed by atoms with Crippen LogP contribution in [-0.4, -0.2) is 26.4 Å². The zero-order chi connectivity index (χ0) is 9.57. The average molecular weight is 180 g/mol. The van der Waals surface area contributed by atoms with Gasteiger partial charge in [-0.25, -0.2) is 0 Å². The standard InChI is InChI=1S/C11H16O2/c1-3-7-12-9-11(5-6-11)10-13-8-4-2/h3-6H,1-2,7-10H2. The molecule has 1 rings (SSSR count). The van der Waals surface area contributed by atoms with Gasteiger partial charge < -0.3 is 9.47 Å². The minimum Gasteiger partial charge on any atom is -0.376 e. The van der Waals surface area contributed by atoms with Crippen molar-refractivity contribution >= 4 is 0 Å². The Labute approximate surface area is 79.5 Å². The fourth-order valence-corrected chi connectivity index (χ4v) is 1.02. The van der Waals surface area contributed by atoms with Crippen molar-refractivity contribution in [1.29, 1.82) is 0 Å². The molecule has 0 amide bonds. The van der Waals surface area contributed by atoms with E-state index in [0.717, 1.165) is 0 Å². The third-order valence-electron chi connectivity index (χ3n) is 1.85. The zero-order valence-corrected chi connectivity index (χ0v) is 7.87. The van der Waals surface area contributed by atoms with Crippen molar-refractivity contribution in [2.24, 2.45) is 5.41 Å². The molecule has 0 heterocycles. The van der Waals surface area contributed by atoms with Gasteiger partial charge in [0, 0.05) is 0 Å². The number of hydrogen-bond acceptors (Lipinski definition) is 2. The van der Waals surface area contributed by atoms with Gasteiger partial charge in [-0.05, 0) is 0 Å². The van der Waals surface area contributed by atoms with Crippen LogP contribution in [0.3, 0.4) is 0 Å². The van der Waals surface area contributed by atoms with Crippen LogP contribution in [0.4, 0.5) is 0 Å².